The minimum atomic E-state index is 0.562. The Hall–Kier alpha value is -1.18. The van der Waals surface area contributed by atoms with Crippen molar-refractivity contribution < 1.29 is 4.74 Å². The summed E-state index contributed by atoms with van der Waals surface area (Å²) < 4.78 is 5.68. The summed E-state index contributed by atoms with van der Waals surface area (Å²) in [5, 5.41) is 0. The summed E-state index contributed by atoms with van der Waals surface area (Å²) in [6, 6.07) is 6.17. The van der Waals surface area contributed by atoms with Gasteiger partial charge in [0.2, 0.25) is 0 Å². The van der Waals surface area contributed by atoms with Crippen LogP contribution in [0.2, 0.25) is 0 Å². The second-order valence-corrected chi connectivity index (χ2v) is 4.66. The van der Waals surface area contributed by atoms with Crippen molar-refractivity contribution in [2.24, 2.45) is 0 Å². The average molecular weight is 235 g/mol. The summed E-state index contributed by atoms with van der Waals surface area (Å²) in [5.74, 6) is 1.39. The molecule has 0 aliphatic carbocycles. The van der Waals surface area contributed by atoms with E-state index in [0.29, 0.717) is 5.92 Å². The second kappa shape index (κ2) is 7.21. The smallest absolute Gasteiger partial charge is 0.142 e. The van der Waals surface area contributed by atoms with E-state index < -0.39 is 0 Å². The number of unbranched alkanes of at least 4 members (excludes halogenated alkanes) is 2. The number of rotatable bonds is 7. The highest BCUT2D eigenvalue weighted by atomic mass is 16.5. The van der Waals surface area contributed by atoms with E-state index in [0.717, 1.165) is 30.9 Å². The third-order valence-electron chi connectivity index (χ3n) is 3.22. The number of hydrogen-bond donors (Lipinski definition) is 1. The predicted molar refractivity (Wildman–Crippen MR) is 74.6 cm³/mol. The molecule has 1 rings (SSSR count). The van der Waals surface area contributed by atoms with E-state index >= 15 is 0 Å². The van der Waals surface area contributed by atoms with Crippen molar-refractivity contribution in [3.05, 3.63) is 23.8 Å². The van der Waals surface area contributed by atoms with Crippen molar-refractivity contribution in [1.29, 1.82) is 0 Å². The molecule has 1 aromatic carbocycles. The topological polar surface area (TPSA) is 35.2 Å². The number of anilines is 1. The van der Waals surface area contributed by atoms with Crippen LogP contribution in [0.1, 0.15) is 57.9 Å². The van der Waals surface area contributed by atoms with Crippen LogP contribution in [0.4, 0.5) is 5.69 Å². The lowest BCUT2D eigenvalue weighted by atomic mass is 9.98. The first-order chi connectivity index (χ1) is 8.19. The SMILES string of the molecule is CCCCCOc1ccc(C(C)CC)cc1N. The number of nitrogen functional groups attached to an aromatic ring is 1. The van der Waals surface area contributed by atoms with Crippen LogP contribution in [0.5, 0.6) is 5.75 Å². The van der Waals surface area contributed by atoms with Crippen LogP contribution in [0.15, 0.2) is 18.2 Å². The van der Waals surface area contributed by atoms with Gasteiger partial charge in [0.05, 0.1) is 12.3 Å². The molecular formula is C15H25NO. The first kappa shape index (κ1) is 13.9. The molecule has 0 aromatic heterocycles. The van der Waals surface area contributed by atoms with Crippen LogP contribution in [0.3, 0.4) is 0 Å². The number of ether oxygens (including phenoxy) is 1. The maximum atomic E-state index is 6.00. The molecule has 96 valence electrons. The first-order valence-corrected chi connectivity index (χ1v) is 6.71. The predicted octanol–water partition coefficient (Wildman–Crippen LogP) is 4.35. The van der Waals surface area contributed by atoms with E-state index in [9.17, 15) is 0 Å². The van der Waals surface area contributed by atoms with Gasteiger partial charge < -0.3 is 10.5 Å². The summed E-state index contributed by atoms with van der Waals surface area (Å²) in [6.07, 6.45) is 4.66. The molecule has 1 unspecified atom stereocenters. The van der Waals surface area contributed by atoms with Gasteiger partial charge in [0.15, 0.2) is 0 Å². The Morgan fingerprint density at radius 2 is 2.00 bits per heavy atom. The third kappa shape index (κ3) is 4.29. The van der Waals surface area contributed by atoms with Crippen molar-refractivity contribution in [3.63, 3.8) is 0 Å². The van der Waals surface area contributed by atoms with Gasteiger partial charge >= 0.3 is 0 Å². The molecule has 0 aliphatic rings. The molecule has 0 bridgehead atoms. The monoisotopic (exact) mass is 235 g/mol. The Bertz CT molecular complexity index is 336. The van der Waals surface area contributed by atoms with Crippen LogP contribution < -0.4 is 10.5 Å². The number of benzene rings is 1. The van der Waals surface area contributed by atoms with Crippen molar-refractivity contribution in [2.75, 3.05) is 12.3 Å². The van der Waals surface area contributed by atoms with Gasteiger partial charge in [-0.2, -0.15) is 0 Å². The van der Waals surface area contributed by atoms with Crippen LogP contribution in [-0.2, 0) is 0 Å². The van der Waals surface area contributed by atoms with Crippen LogP contribution >= 0.6 is 0 Å². The molecule has 0 saturated carbocycles. The lowest BCUT2D eigenvalue weighted by Gasteiger charge is -2.13. The fourth-order valence-corrected chi connectivity index (χ4v) is 1.77. The Balaban J connectivity index is 2.57. The molecule has 0 spiro atoms. The number of nitrogens with two attached hydrogens (primary N) is 1. The van der Waals surface area contributed by atoms with E-state index in [1.807, 2.05) is 12.1 Å². The second-order valence-electron chi connectivity index (χ2n) is 4.66. The molecule has 2 heteroatoms. The molecule has 1 aromatic rings. The van der Waals surface area contributed by atoms with Crippen LogP contribution in [0.25, 0.3) is 0 Å². The first-order valence-electron chi connectivity index (χ1n) is 6.71. The summed E-state index contributed by atoms with van der Waals surface area (Å²) in [5.41, 5.74) is 8.06. The van der Waals surface area contributed by atoms with Gasteiger partial charge in [-0.3, -0.25) is 0 Å². The van der Waals surface area contributed by atoms with Crippen molar-refractivity contribution in [2.45, 2.75) is 52.4 Å². The zero-order valence-electron chi connectivity index (χ0n) is 11.3. The minimum absolute atomic E-state index is 0.562. The molecule has 0 radical (unpaired) electrons. The molecule has 0 amide bonds. The molecule has 0 fully saturated rings. The Morgan fingerprint density at radius 3 is 2.59 bits per heavy atom. The van der Waals surface area contributed by atoms with Gasteiger partial charge in [0.1, 0.15) is 5.75 Å². The molecule has 1 atom stereocenters. The van der Waals surface area contributed by atoms with Crippen molar-refractivity contribution >= 4 is 5.69 Å². The molecule has 0 aliphatic heterocycles. The minimum Gasteiger partial charge on any atom is -0.491 e. The van der Waals surface area contributed by atoms with Gasteiger partial charge in [-0.05, 0) is 36.5 Å². The van der Waals surface area contributed by atoms with E-state index in [1.54, 1.807) is 0 Å². The maximum Gasteiger partial charge on any atom is 0.142 e. The van der Waals surface area contributed by atoms with Crippen molar-refractivity contribution in [1.82, 2.24) is 0 Å². The number of hydrogen-bond acceptors (Lipinski definition) is 2. The van der Waals surface area contributed by atoms with Crippen LogP contribution in [0, 0.1) is 0 Å². The van der Waals surface area contributed by atoms with E-state index in [1.165, 1.54) is 18.4 Å². The lowest BCUT2D eigenvalue weighted by Crippen LogP contribution is -2.01. The Morgan fingerprint density at radius 1 is 1.24 bits per heavy atom. The van der Waals surface area contributed by atoms with Gasteiger partial charge in [-0.1, -0.05) is 39.7 Å². The molecule has 2 N–H and O–H groups in total. The lowest BCUT2D eigenvalue weighted by molar-refractivity contribution is 0.308. The summed E-state index contributed by atoms with van der Waals surface area (Å²) >= 11 is 0. The molecule has 0 saturated heterocycles. The normalized spacial score (nSPS) is 12.4. The van der Waals surface area contributed by atoms with E-state index in [4.69, 9.17) is 10.5 Å². The van der Waals surface area contributed by atoms with E-state index in [2.05, 4.69) is 26.8 Å². The molecule has 2 nitrogen and oxygen atoms in total. The van der Waals surface area contributed by atoms with Gasteiger partial charge in [-0.25, -0.2) is 0 Å². The quantitative estimate of drug-likeness (QED) is 0.563. The van der Waals surface area contributed by atoms with Gasteiger partial charge in [-0.15, -0.1) is 0 Å². The zero-order chi connectivity index (χ0) is 12.7. The Labute approximate surface area is 105 Å². The fourth-order valence-electron chi connectivity index (χ4n) is 1.77. The highest BCUT2D eigenvalue weighted by molar-refractivity contribution is 5.54. The summed E-state index contributed by atoms with van der Waals surface area (Å²) in [7, 11) is 0. The van der Waals surface area contributed by atoms with Crippen LogP contribution in [-0.4, -0.2) is 6.61 Å². The highest BCUT2D eigenvalue weighted by Gasteiger charge is 2.06. The maximum absolute atomic E-state index is 6.00. The zero-order valence-corrected chi connectivity index (χ0v) is 11.3. The average Bonchev–Trinajstić information content (AvgIpc) is 2.35. The van der Waals surface area contributed by atoms with Crippen molar-refractivity contribution in [3.8, 4) is 5.75 Å². The van der Waals surface area contributed by atoms with Gasteiger partial charge in [0.25, 0.3) is 0 Å². The van der Waals surface area contributed by atoms with Gasteiger partial charge in [0, 0.05) is 0 Å². The summed E-state index contributed by atoms with van der Waals surface area (Å²) in [6.45, 7) is 7.36. The summed E-state index contributed by atoms with van der Waals surface area (Å²) in [4.78, 5) is 0. The largest absolute Gasteiger partial charge is 0.491 e. The Kier molecular flexibility index (Phi) is 5.88. The highest BCUT2D eigenvalue weighted by Crippen LogP contribution is 2.27. The molecule has 17 heavy (non-hydrogen) atoms. The van der Waals surface area contributed by atoms with E-state index in [-0.39, 0.29) is 0 Å². The third-order valence-corrected chi connectivity index (χ3v) is 3.22. The molecular weight excluding hydrogens is 210 g/mol. The fraction of sp³-hybridized carbons (Fsp3) is 0.600. The standard InChI is InChI=1S/C15H25NO/c1-4-6-7-10-17-15-9-8-13(11-14(15)16)12(3)5-2/h8-9,11-12H,4-7,10,16H2,1-3H3. The molecule has 0 heterocycles.